The minimum absolute atomic E-state index is 0. The third-order valence-electron chi connectivity index (χ3n) is 5.15. The maximum absolute atomic E-state index is 12.6. The number of methoxy groups -OCH3 is 2. The number of aromatic nitrogens is 1. The van der Waals surface area contributed by atoms with E-state index in [4.69, 9.17) is 9.47 Å². The topological polar surface area (TPSA) is 145 Å². The second-order valence-corrected chi connectivity index (χ2v) is 7.39. The Kier molecular flexibility index (Phi) is 12.5. The van der Waals surface area contributed by atoms with E-state index in [2.05, 4.69) is 10.6 Å². The number of carbonyl (C=O) groups excluding carboxylic acids is 2. The van der Waals surface area contributed by atoms with E-state index in [0.29, 0.717) is 22.6 Å². The Morgan fingerprint density at radius 2 is 1.78 bits per heavy atom. The maximum Gasteiger partial charge on any atom is 1.00 e. The normalized spacial score (nSPS) is 10.8. The van der Waals surface area contributed by atoms with Crippen LogP contribution in [-0.4, -0.2) is 30.8 Å². The summed E-state index contributed by atoms with van der Waals surface area (Å²) >= 11 is 0. The second-order valence-electron chi connectivity index (χ2n) is 7.39. The van der Waals surface area contributed by atoms with Crippen LogP contribution in [0.25, 0.3) is 11.1 Å². The van der Waals surface area contributed by atoms with E-state index < -0.39 is 41.5 Å². The fraction of sp³-hybridized carbons (Fsp3) is 0.208. The first kappa shape index (κ1) is 31.6. The van der Waals surface area contributed by atoms with Gasteiger partial charge in [0.2, 0.25) is 0 Å². The van der Waals surface area contributed by atoms with Crippen LogP contribution in [0.4, 0.5) is 10.5 Å². The van der Waals surface area contributed by atoms with Gasteiger partial charge in [-0.1, -0.05) is 30.0 Å². The van der Waals surface area contributed by atoms with E-state index in [-0.39, 0.29) is 59.1 Å². The molecule has 0 fully saturated rings. The molecule has 10 nitrogen and oxygen atoms in total. The smallest absolute Gasteiger partial charge is 0.871 e. The molecule has 3 rings (SSSR count). The summed E-state index contributed by atoms with van der Waals surface area (Å²) in [5.74, 6) is -0.923. The number of benzene rings is 2. The van der Waals surface area contributed by atoms with Crippen molar-refractivity contribution in [2.75, 3.05) is 19.5 Å². The Labute approximate surface area is 252 Å². The molecular weight excluding hydrogens is 488 g/mol. The summed E-state index contributed by atoms with van der Waals surface area (Å²) in [5.41, 5.74) is 0.702. The van der Waals surface area contributed by atoms with E-state index >= 15 is 0 Å². The molecular formula is C24H23N3Na2O7. The first-order valence-corrected chi connectivity index (χ1v) is 10.2. The Morgan fingerprint density at radius 3 is 2.42 bits per heavy atom. The van der Waals surface area contributed by atoms with Crippen molar-refractivity contribution in [3.8, 4) is 28.4 Å². The molecule has 2 aromatic carbocycles. The quantitative estimate of drug-likeness (QED) is 0.289. The summed E-state index contributed by atoms with van der Waals surface area (Å²) in [5, 5.41) is 28.1. The van der Waals surface area contributed by atoms with Crippen LogP contribution < -0.4 is 95.0 Å². The van der Waals surface area contributed by atoms with Crippen molar-refractivity contribution in [2.24, 2.45) is 7.05 Å². The summed E-state index contributed by atoms with van der Waals surface area (Å²) in [6.45, 7) is 0. The second kappa shape index (κ2) is 14.3. The monoisotopic (exact) mass is 511 g/mol. The van der Waals surface area contributed by atoms with Gasteiger partial charge in [0, 0.05) is 31.2 Å². The number of nitrogens with one attached hydrogen (secondary N) is 2. The molecule has 1 atom stereocenters. The van der Waals surface area contributed by atoms with E-state index in [9.17, 15) is 24.6 Å². The molecule has 2 N–H and O–H groups in total. The van der Waals surface area contributed by atoms with Gasteiger partial charge in [-0.3, -0.25) is 4.79 Å². The molecule has 3 aromatic rings. The number of anilines is 1. The Hall–Kier alpha value is -2.47. The minimum atomic E-state index is -1.40. The average Bonchev–Trinajstić information content (AvgIpc) is 2.83. The molecule has 0 unspecified atom stereocenters. The van der Waals surface area contributed by atoms with Crippen LogP contribution in [0.15, 0.2) is 59.5 Å². The summed E-state index contributed by atoms with van der Waals surface area (Å²) in [4.78, 5) is 36.2. The standard InChI is InChI=1S/C24H25N3O7.2Na/c1-27-10-9-19(28)22(23(27)31)26-24(32)25-18(13-21(29)30)15-7-8-20(34-3)17(12-15)14-5-4-6-16(11-14)33-2;;/h4-12,18,28H,13H2,1-3H3,(H,29,30)(H2,25,26,32);;/q;2*+1/p-2/t18-;;/m0../s1. The molecule has 0 bridgehead atoms. The van der Waals surface area contributed by atoms with Gasteiger partial charge < -0.3 is 39.7 Å². The molecule has 12 heteroatoms. The first-order chi connectivity index (χ1) is 16.2. The van der Waals surface area contributed by atoms with E-state index in [1.54, 1.807) is 43.5 Å². The SMILES string of the molecule is COc1cccc(-c2cc([C@H](CC(=O)[O-])NC(=O)Nc3c([O-])ccn(C)c3=O)ccc2OC)c1.[Na+].[Na+]. The molecule has 0 aliphatic carbocycles. The van der Waals surface area contributed by atoms with Gasteiger partial charge >= 0.3 is 65.1 Å². The van der Waals surface area contributed by atoms with Gasteiger partial charge in [0.1, 0.15) is 17.2 Å². The fourth-order valence-corrected chi connectivity index (χ4v) is 3.41. The van der Waals surface area contributed by atoms with Gasteiger partial charge in [-0.15, -0.1) is 0 Å². The zero-order chi connectivity index (χ0) is 24.8. The molecule has 0 aliphatic rings. The fourth-order valence-electron chi connectivity index (χ4n) is 3.41. The van der Waals surface area contributed by atoms with Gasteiger partial charge in [-0.25, -0.2) is 4.79 Å². The molecule has 0 radical (unpaired) electrons. The van der Waals surface area contributed by atoms with Crippen LogP contribution in [0.5, 0.6) is 17.2 Å². The predicted molar refractivity (Wildman–Crippen MR) is 121 cm³/mol. The summed E-state index contributed by atoms with van der Waals surface area (Å²) in [6, 6.07) is 11.3. The van der Waals surface area contributed by atoms with Gasteiger partial charge in [0.05, 0.1) is 20.3 Å². The molecule has 1 heterocycles. The van der Waals surface area contributed by atoms with Crippen molar-refractivity contribution in [3.05, 3.63) is 70.6 Å². The number of nitrogens with zero attached hydrogens (tertiary/aromatic N) is 1. The number of pyridine rings is 1. The van der Waals surface area contributed by atoms with Crippen molar-refractivity contribution in [1.29, 1.82) is 0 Å². The summed E-state index contributed by atoms with van der Waals surface area (Å²) in [7, 11) is 4.48. The molecule has 0 saturated heterocycles. The Morgan fingerprint density at radius 1 is 1.06 bits per heavy atom. The van der Waals surface area contributed by atoms with Crippen LogP contribution in [0.3, 0.4) is 0 Å². The number of hydrogen-bond acceptors (Lipinski definition) is 7. The number of hydrogen-bond donors (Lipinski definition) is 2. The minimum Gasteiger partial charge on any atom is -0.871 e. The largest absolute Gasteiger partial charge is 1.00 e. The van der Waals surface area contributed by atoms with Crippen LogP contribution in [0.2, 0.25) is 0 Å². The molecule has 0 aliphatic heterocycles. The van der Waals surface area contributed by atoms with Crippen molar-refractivity contribution in [3.63, 3.8) is 0 Å². The molecule has 1 aromatic heterocycles. The van der Waals surface area contributed by atoms with Gasteiger partial charge in [-0.05, 0) is 35.4 Å². The van der Waals surface area contributed by atoms with Crippen molar-refractivity contribution in [2.45, 2.75) is 12.5 Å². The average molecular weight is 511 g/mol. The third kappa shape index (κ3) is 7.76. The number of carbonyl (C=O) groups is 2. The molecule has 0 spiro atoms. The Balaban J connectivity index is 0.00000324. The van der Waals surface area contributed by atoms with E-state index in [1.807, 2.05) is 6.07 Å². The number of aryl methyl sites for hydroxylation is 1. The van der Waals surface area contributed by atoms with Crippen LogP contribution >= 0.6 is 0 Å². The van der Waals surface area contributed by atoms with Crippen LogP contribution in [-0.2, 0) is 11.8 Å². The maximum atomic E-state index is 12.6. The molecule has 0 saturated carbocycles. The molecule has 178 valence electrons. The van der Waals surface area contributed by atoms with Crippen LogP contribution in [0.1, 0.15) is 18.0 Å². The van der Waals surface area contributed by atoms with E-state index in [0.717, 1.165) is 16.2 Å². The van der Waals surface area contributed by atoms with Crippen molar-refractivity contribution >= 4 is 17.7 Å². The number of carboxylic acid groups (broad SMARTS) is 1. The Bertz CT molecular complexity index is 1280. The van der Waals surface area contributed by atoms with Crippen molar-refractivity contribution in [1.82, 2.24) is 9.88 Å². The summed E-state index contributed by atoms with van der Waals surface area (Å²) in [6.07, 6.45) is 0.735. The molecule has 2 amide bonds. The van der Waals surface area contributed by atoms with Crippen LogP contribution in [0, 0.1) is 0 Å². The predicted octanol–water partition coefficient (Wildman–Crippen LogP) is -4.85. The van der Waals surface area contributed by atoms with Gasteiger partial charge in [-0.2, -0.15) is 0 Å². The zero-order valence-electron chi connectivity index (χ0n) is 20.8. The van der Waals surface area contributed by atoms with Crippen molar-refractivity contribution < 1.29 is 88.4 Å². The third-order valence-corrected chi connectivity index (χ3v) is 5.15. The number of rotatable bonds is 8. The van der Waals surface area contributed by atoms with Gasteiger partial charge in [0.25, 0.3) is 5.56 Å². The number of aliphatic carboxylic acids is 1. The van der Waals surface area contributed by atoms with Gasteiger partial charge in [0.15, 0.2) is 0 Å². The number of amides is 2. The first-order valence-electron chi connectivity index (χ1n) is 10.2. The number of carboxylic acids is 1. The molecule has 36 heavy (non-hydrogen) atoms. The number of urea groups is 1. The summed E-state index contributed by atoms with van der Waals surface area (Å²) < 4.78 is 11.9. The van der Waals surface area contributed by atoms with E-state index in [1.165, 1.54) is 20.4 Å². The number of ether oxygens (including phenoxy) is 2. The zero-order valence-corrected chi connectivity index (χ0v) is 24.8.